The summed E-state index contributed by atoms with van der Waals surface area (Å²) >= 11 is 0. The van der Waals surface area contributed by atoms with Crippen molar-refractivity contribution in [3.05, 3.63) is 41.2 Å². The molecular weight excluding hydrogens is 338 g/mol. The van der Waals surface area contributed by atoms with Crippen LogP contribution in [0.1, 0.15) is 50.5 Å². The smallest absolute Gasteiger partial charge is 0.239 e. The van der Waals surface area contributed by atoms with Gasteiger partial charge in [-0.3, -0.25) is 4.79 Å². The Labute approximate surface area is 161 Å². The van der Waals surface area contributed by atoms with Gasteiger partial charge in [-0.05, 0) is 69.2 Å². The van der Waals surface area contributed by atoms with Crippen molar-refractivity contribution in [2.75, 3.05) is 24.5 Å². The molecule has 3 aliphatic rings. The number of likely N-dealkylation sites (tertiary alicyclic amines) is 1. The fraction of sp³-hybridized carbons (Fsp3) is 0.636. The first kappa shape index (κ1) is 18.3. The number of rotatable bonds is 3. The summed E-state index contributed by atoms with van der Waals surface area (Å²) in [5.74, 6) is 0.346. The van der Waals surface area contributed by atoms with Crippen molar-refractivity contribution >= 4 is 11.6 Å². The summed E-state index contributed by atoms with van der Waals surface area (Å²) in [6, 6.07) is 8.58. The standard InChI is InChI=1S/C22H29N3O2/c1-23-15-17-3-5-18(6-4-17)24-13-2-11-22(16-24)12-14-25(21(22)27)19-7-9-20(26)10-8-19/h3-6,19-20,26H,2,7-16H2/t19-,20-,22-/m0/s1. The molecule has 2 aliphatic heterocycles. The second kappa shape index (κ2) is 7.52. The maximum atomic E-state index is 13.4. The van der Waals surface area contributed by atoms with Crippen LogP contribution in [0.4, 0.5) is 5.69 Å². The van der Waals surface area contributed by atoms with Gasteiger partial charge >= 0.3 is 0 Å². The van der Waals surface area contributed by atoms with Gasteiger partial charge in [-0.1, -0.05) is 0 Å². The van der Waals surface area contributed by atoms with Gasteiger partial charge in [0, 0.05) is 36.9 Å². The number of piperidine rings is 1. The summed E-state index contributed by atoms with van der Waals surface area (Å²) in [5.41, 5.74) is 1.97. The van der Waals surface area contributed by atoms with Crippen molar-refractivity contribution in [1.29, 1.82) is 0 Å². The summed E-state index contributed by atoms with van der Waals surface area (Å²) in [7, 11) is 0. The minimum absolute atomic E-state index is 0.177. The molecule has 0 radical (unpaired) electrons. The topological polar surface area (TPSA) is 48.1 Å². The highest BCUT2D eigenvalue weighted by Crippen LogP contribution is 2.43. The van der Waals surface area contributed by atoms with Crippen molar-refractivity contribution in [3.63, 3.8) is 0 Å². The fourth-order valence-electron chi connectivity index (χ4n) is 5.20. The van der Waals surface area contributed by atoms with Gasteiger partial charge in [0.15, 0.2) is 0 Å². The van der Waals surface area contributed by atoms with Crippen molar-refractivity contribution < 1.29 is 9.90 Å². The number of carbonyl (C=O) groups excluding carboxylic acids is 1. The molecule has 1 aromatic rings. The Morgan fingerprint density at radius 1 is 1.11 bits per heavy atom. The normalized spacial score (nSPS) is 31.3. The summed E-state index contributed by atoms with van der Waals surface area (Å²) in [6.45, 7) is 10.1. The Morgan fingerprint density at radius 3 is 2.56 bits per heavy atom. The third-order valence-corrected chi connectivity index (χ3v) is 6.79. The van der Waals surface area contributed by atoms with Crippen LogP contribution in [0.5, 0.6) is 0 Å². The largest absolute Gasteiger partial charge is 0.393 e. The molecule has 2 heterocycles. The van der Waals surface area contributed by atoms with E-state index in [1.807, 2.05) is 12.1 Å². The maximum absolute atomic E-state index is 13.4. The van der Waals surface area contributed by atoms with E-state index in [2.05, 4.69) is 26.8 Å². The summed E-state index contributed by atoms with van der Waals surface area (Å²) in [4.78, 5) is 21.3. The lowest BCUT2D eigenvalue weighted by molar-refractivity contribution is -0.139. The lowest BCUT2D eigenvalue weighted by Gasteiger charge is -2.41. The molecule has 5 heteroatoms. The van der Waals surface area contributed by atoms with Gasteiger partial charge in [0.25, 0.3) is 0 Å². The predicted molar refractivity (Wildman–Crippen MR) is 105 cm³/mol. The monoisotopic (exact) mass is 367 g/mol. The Balaban J connectivity index is 1.45. The summed E-state index contributed by atoms with van der Waals surface area (Å²) in [6.07, 6.45) is 6.34. The van der Waals surface area contributed by atoms with Crippen LogP contribution in [0.2, 0.25) is 0 Å². The third-order valence-electron chi connectivity index (χ3n) is 6.79. The van der Waals surface area contributed by atoms with Crippen LogP contribution in [-0.2, 0) is 11.3 Å². The molecule has 1 amide bonds. The predicted octanol–water partition coefficient (Wildman–Crippen LogP) is 3.23. The van der Waals surface area contributed by atoms with E-state index in [0.29, 0.717) is 18.5 Å². The van der Waals surface area contributed by atoms with Gasteiger partial charge in [0.2, 0.25) is 12.5 Å². The third kappa shape index (κ3) is 3.55. The Morgan fingerprint density at radius 2 is 1.85 bits per heavy atom. The second-order valence-electron chi connectivity index (χ2n) is 8.50. The Hall–Kier alpha value is -2.06. The SMILES string of the molecule is [C-]#[N+]Cc1ccc(N2CCC[C@]3(CCN([C@H]4CC[C@H](O)CC4)C3=O)C2)cc1. The lowest BCUT2D eigenvalue weighted by Crippen LogP contribution is -2.50. The van der Waals surface area contributed by atoms with Crippen LogP contribution in [-0.4, -0.2) is 47.7 Å². The fourth-order valence-corrected chi connectivity index (χ4v) is 5.20. The van der Waals surface area contributed by atoms with Gasteiger partial charge in [0.1, 0.15) is 0 Å². The first-order chi connectivity index (χ1) is 13.1. The van der Waals surface area contributed by atoms with Crippen LogP contribution in [0.15, 0.2) is 24.3 Å². The molecule has 27 heavy (non-hydrogen) atoms. The molecule has 144 valence electrons. The molecule has 0 bridgehead atoms. The molecule has 4 rings (SSSR count). The first-order valence-electron chi connectivity index (χ1n) is 10.3. The number of amides is 1. The van der Waals surface area contributed by atoms with E-state index in [1.165, 1.54) is 0 Å². The van der Waals surface area contributed by atoms with Crippen LogP contribution < -0.4 is 4.90 Å². The summed E-state index contributed by atoms with van der Waals surface area (Å²) in [5, 5.41) is 9.77. The zero-order chi connectivity index (χ0) is 18.9. The van der Waals surface area contributed by atoms with Gasteiger partial charge < -0.3 is 19.8 Å². The van der Waals surface area contributed by atoms with E-state index in [9.17, 15) is 9.90 Å². The zero-order valence-electron chi connectivity index (χ0n) is 15.9. The molecule has 3 fully saturated rings. The van der Waals surface area contributed by atoms with E-state index >= 15 is 0 Å². The molecular formula is C22H29N3O2. The van der Waals surface area contributed by atoms with Crippen molar-refractivity contribution in [3.8, 4) is 0 Å². The number of carbonyl (C=O) groups is 1. The summed E-state index contributed by atoms with van der Waals surface area (Å²) < 4.78 is 0. The first-order valence-corrected chi connectivity index (χ1v) is 10.3. The highest BCUT2D eigenvalue weighted by Gasteiger charge is 2.50. The van der Waals surface area contributed by atoms with Gasteiger partial charge in [-0.15, -0.1) is 0 Å². The minimum atomic E-state index is -0.233. The highest BCUT2D eigenvalue weighted by atomic mass is 16.3. The minimum Gasteiger partial charge on any atom is -0.393 e. The van der Waals surface area contributed by atoms with Gasteiger partial charge in [-0.2, -0.15) is 0 Å². The Kier molecular flexibility index (Phi) is 5.10. The molecule has 1 aliphatic carbocycles. The van der Waals surface area contributed by atoms with Gasteiger partial charge in [-0.25, -0.2) is 6.57 Å². The van der Waals surface area contributed by atoms with E-state index in [0.717, 1.165) is 75.8 Å². The molecule has 0 unspecified atom stereocenters. The molecule has 1 N–H and O–H groups in total. The van der Waals surface area contributed by atoms with E-state index in [4.69, 9.17) is 6.57 Å². The van der Waals surface area contributed by atoms with E-state index < -0.39 is 0 Å². The molecule has 1 spiro atoms. The number of benzene rings is 1. The number of nitrogens with zero attached hydrogens (tertiary/aromatic N) is 3. The molecule has 2 saturated heterocycles. The van der Waals surface area contributed by atoms with Crippen LogP contribution >= 0.6 is 0 Å². The van der Waals surface area contributed by atoms with Crippen LogP contribution in [0, 0.1) is 12.0 Å². The zero-order valence-corrected chi connectivity index (χ0v) is 15.9. The van der Waals surface area contributed by atoms with Crippen molar-refractivity contribution in [2.45, 2.75) is 63.6 Å². The van der Waals surface area contributed by atoms with Crippen molar-refractivity contribution in [2.24, 2.45) is 5.41 Å². The average molecular weight is 367 g/mol. The average Bonchev–Trinajstić information content (AvgIpc) is 2.99. The molecule has 1 atom stereocenters. The molecule has 1 saturated carbocycles. The van der Waals surface area contributed by atoms with Crippen LogP contribution in [0.25, 0.3) is 4.85 Å². The van der Waals surface area contributed by atoms with E-state index in [-0.39, 0.29) is 11.5 Å². The quantitative estimate of drug-likeness (QED) is 0.835. The number of hydrogen-bond acceptors (Lipinski definition) is 3. The van der Waals surface area contributed by atoms with Crippen LogP contribution in [0.3, 0.4) is 0 Å². The van der Waals surface area contributed by atoms with Crippen molar-refractivity contribution in [1.82, 2.24) is 4.90 Å². The van der Waals surface area contributed by atoms with E-state index in [1.54, 1.807) is 0 Å². The molecule has 5 nitrogen and oxygen atoms in total. The van der Waals surface area contributed by atoms with Gasteiger partial charge in [0.05, 0.1) is 11.5 Å². The highest BCUT2D eigenvalue weighted by molar-refractivity contribution is 5.86. The number of aliphatic hydroxyl groups excluding tert-OH is 1. The lowest BCUT2D eigenvalue weighted by atomic mass is 9.78. The number of aliphatic hydroxyl groups is 1. The molecule has 1 aromatic carbocycles. The number of anilines is 1. The number of hydrogen-bond donors (Lipinski definition) is 1. The molecule has 0 aromatic heterocycles. The second-order valence-corrected chi connectivity index (χ2v) is 8.50. The Bertz CT molecular complexity index is 718. The maximum Gasteiger partial charge on any atom is 0.239 e.